The minimum Gasteiger partial charge on any atom is -0.298 e. The summed E-state index contributed by atoms with van der Waals surface area (Å²) < 4.78 is 59.5. The third-order valence-corrected chi connectivity index (χ3v) is 8.77. The summed E-state index contributed by atoms with van der Waals surface area (Å²) in [5.41, 5.74) is 2.02. The van der Waals surface area contributed by atoms with E-state index in [4.69, 9.17) is 0 Å². The van der Waals surface area contributed by atoms with E-state index in [1.165, 1.54) is 10.6 Å². The first-order valence-corrected chi connectivity index (χ1v) is 13.5. The second kappa shape index (κ2) is 8.31. The molecule has 0 amide bonds. The Morgan fingerprint density at radius 2 is 1.70 bits per heavy atom. The first-order valence-electron chi connectivity index (χ1n) is 9.48. The van der Waals surface area contributed by atoms with Gasteiger partial charge in [-0.15, -0.1) is 0 Å². The Kier molecular flexibility index (Phi) is 5.90. The average Bonchev–Trinajstić information content (AvgIpc) is 3.06. The number of hydrogen-bond donors (Lipinski definition) is 0. The molecule has 11 heteroatoms. The Morgan fingerprint density at radius 3 is 2.43 bits per heavy atom. The molecule has 2 heterocycles. The SMILES string of the molecule is CS(=O)(=O)c1ccc(CN2CCCN(S(=O)(=O)c3cccc4nsnc34)CC2)cc1. The van der Waals surface area contributed by atoms with E-state index in [0.29, 0.717) is 48.5 Å². The molecule has 160 valence electrons. The van der Waals surface area contributed by atoms with Gasteiger partial charge in [-0.05, 0) is 42.8 Å². The maximum absolute atomic E-state index is 13.2. The molecule has 0 aliphatic carbocycles. The van der Waals surface area contributed by atoms with Crippen molar-refractivity contribution in [2.45, 2.75) is 22.8 Å². The first kappa shape index (κ1) is 21.3. The minimum absolute atomic E-state index is 0.207. The van der Waals surface area contributed by atoms with Crippen LogP contribution in [0.5, 0.6) is 0 Å². The van der Waals surface area contributed by atoms with E-state index >= 15 is 0 Å². The summed E-state index contributed by atoms with van der Waals surface area (Å²) in [6.45, 7) is 2.84. The Balaban J connectivity index is 1.47. The molecule has 0 N–H and O–H groups in total. The van der Waals surface area contributed by atoms with E-state index in [2.05, 4.69) is 13.6 Å². The number of sulfone groups is 1. The van der Waals surface area contributed by atoms with Crippen LogP contribution in [0, 0.1) is 0 Å². The molecule has 1 fully saturated rings. The fraction of sp³-hybridized carbons (Fsp3) is 0.368. The second-order valence-electron chi connectivity index (χ2n) is 7.34. The van der Waals surface area contributed by atoms with Gasteiger partial charge in [0.2, 0.25) is 10.0 Å². The topological polar surface area (TPSA) is 101 Å². The number of benzene rings is 2. The van der Waals surface area contributed by atoms with Crippen LogP contribution >= 0.6 is 11.7 Å². The lowest BCUT2D eigenvalue weighted by atomic mass is 10.2. The fourth-order valence-corrected chi connectivity index (χ4v) is 6.43. The van der Waals surface area contributed by atoms with Gasteiger partial charge in [-0.2, -0.15) is 13.1 Å². The van der Waals surface area contributed by atoms with Gasteiger partial charge in [0.05, 0.1) is 16.6 Å². The Bertz CT molecular complexity index is 1250. The average molecular weight is 467 g/mol. The molecule has 0 bridgehead atoms. The zero-order chi connectivity index (χ0) is 21.4. The van der Waals surface area contributed by atoms with Gasteiger partial charge in [0, 0.05) is 32.4 Å². The van der Waals surface area contributed by atoms with Crippen LogP contribution in [-0.2, 0) is 26.4 Å². The second-order valence-corrected chi connectivity index (χ2v) is 11.8. The zero-order valence-corrected chi connectivity index (χ0v) is 18.9. The largest absolute Gasteiger partial charge is 0.298 e. The number of fused-ring (bicyclic) bond motifs is 1. The number of sulfonamides is 1. The molecule has 1 aromatic heterocycles. The highest BCUT2D eigenvalue weighted by molar-refractivity contribution is 7.90. The molecule has 1 saturated heterocycles. The van der Waals surface area contributed by atoms with E-state index in [9.17, 15) is 16.8 Å². The van der Waals surface area contributed by atoms with Crippen molar-refractivity contribution in [1.82, 2.24) is 18.0 Å². The Labute approximate surface area is 180 Å². The number of aromatic nitrogens is 2. The summed E-state index contributed by atoms with van der Waals surface area (Å²) in [7, 11) is -6.87. The predicted molar refractivity (Wildman–Crippen MR) is 116 cm³/mol. The van der Waals surface area contributed by atoms with Crippen molar-refractivity contribution in [1.29, 1.82) is 0 Å². The smallest absolute Gasteiger partial charge is 0.245 e. The highest BCUT2D eigenvalue weighted by Gasteiger charge is 2.29. The molecule has 2 aromatic carbocycles. The highest BCUT2D eigenvalue weighted by Crippen LogP contribution is 2.25. The van der Waals surface area contributed by atoms with Crippen molar-refractivity contribution in [3.8, 4) is 0 Å². The van der Waals surface area contributed by atoms with Crippen molar-refractivity contribution in [3.05, 3.63) is 48.0 Å². The predicted octanol–water partition coefficient (Wildman–Crippen LogP) is 1.99. The van der Waals surface area contributed by atoms with Gasteiger partial charge in [-0.3, -0.25) is 4.90 Å². The monoisotopic (exact) mass is 466 g/mol. The van der Waals surface area contributed by atoms with Crippen LogP contribution in [0.25, 0.3) is 11.0 Å². The molecule has 0 unspecified atom stereocenters. The lowest BCUT2D eigenvalue weighted by Gasteiger charge is -2.22. The van der Waals surface area contributed by atoms with Gasteiger partial charge >= 0.3 is 0 Å². The summed E-state index contributed by atoms with van der Waals surface area (Å²) >= 11 is 1.01. The van der Waals surface area contributed by atoms with Crippen molar-refractivity contribution >= 4 is 42.6 Å². The van der Waals surface area contributed by atoms with Gasteiger partial charge < -0.3 is 0 Å². The van der Waals surface area contributed by atoms with Crippen LogP contribution in [0.2, 0.25) is 0 Å². The van der Waals surface area contributed by atoms with Gasteiger partial charge in [0.15, 0.2) is 9.84 Å². The number of rotatable bonds is 5. The van der Waals surface area contributed by atoms with Gasteiger partial charge in [0.25, 0.3) is 0 Å². The maximum Gasteiger partial charge on any atom is 0.245 e. The number of hydrogen-bond acceptors (Lipinski definition) is 8. The lowest BCUT2D eigenvalue weighted by Crippen LogP contribution is -2.35. The van der Waals surface area contributed by atoms with Gasteiger partial charge in [0.1, 0.15) is 15.9 Å². The van der Waals surface area contributed by atoms with Crippen molar-refractivity contribution in [2.24, 2.45) is 0 Å². The first-order chi connectivity index (χ1) is 14.2. The molecular weight excluding hydrogens is 444 g/mol. The van der Waals surface area contributed by atoms with Gasteiger partial charge in [-0.25, -0.2) is 16.8 Å². The summed E-state index contributed by atoms with van der Waals surface area (Å²) in [5, 5.41) is 0. The van der Waals surface area contributed by atoms with Crippen LogP contribution in [0.15, 0.2) is 52.3 Å². The van der Waals surface area contributed by atoms with E-state index in [1.54, 1.807) is 30.3 Å². The van der Waals surface area contributed by atoms with Crippen LogP contribution in [0.1, 0.15) is 12.0 Å². The Hall–Kier alpha value is -1.92. The molecule has 30 heavy (non-hydrogen) atoms. The third kappa shape index (κ3) is 4.40. The standard InChI is InChI=1S/C19H22N4O4S3/c1-29(24,25)16-8-6-15(7-9-16)14-22-10-3-11-23(13-12-22)30(26,27)18-5-2-4-17-19(18)21-28-20-17/h2,4-9H,3,10-14H2,1H3. The maximum atomic E-state index is 13.2. The minimum atomic E-state index is -3.66. The summed E-state index contributed by atoms with van der Waals surface area (Å²) in [4.78, 5) is 2.69. The quantitative estimate of drug-likeness (QED) is 0.567. The molecule has 1 aliphatic rings. The van der Waals surface area contributed by atoms with Crippen LogP contribution in [-0.4, -0.2) is 67.2 Å². The molecule has 8 nitrogen and oxygen atoms in total. The molecule has 0 atom stereocenters. The van der Waals surface area contributed by atoms with E-state index < -0.39 is 19.9 Å². The molecular formula is C19H22N4O4S3. The number of nitrogens with zero attached hydrogens (tertiary/aromatic N) is 4. The van der Waals surface area contributed by atoms with Crippen LogP contribution < -0.4 is 0 Å². The molecule has 3 aromatic rings. The van der Waals surface area contributed by atoms with E-state index in [-0.39, 0.29) is 4.90 Å². The van der Waals surface area contributed by atoms with Crippen molar-refractivity contribution in [2.75, 3.05) is 32.4 Å². The highest BCUT2D eigenvalue weighted by atomic mass is 32.2. The van der Waals surface area contributed by atoms with E-state index in [1.807, 2.05) is 12.1 Å². The molecule has 1 aliphatic heterocycles. The summed E-state index contributed by atoms with van der Waals surface area (Å²) in [6.07, 6.45) is 1.90. The molecule has 0 saturated carbocycles. The van der Waals surface area contributed by atoms with E-state index in [0.717, 1.165) is 23.8 Å². The third-order valence-electron chi connectivity index (χ3n) is 5.17. The zero-order valence-electron chi connectivity index (χ0n) is 16.4. The summed E-state index contributed by atoms with van der Waals surface area (Å²) in [6, 6.07) is 11.9. The summed E-state index contributed by atoms with van der Waals surface area (Å²) in [5.74, 6) is 0. The van der Waals surface area contributed by atoms with Crippen molar-refractivity contribution < 1.29 is 16.8 Å². The van der Waals surface area contributed by atoms with Crippen LogP contribution in [0.4, 0.5) is 0 Å². The lowest BCUT2D eigenvalue weighted by molar-refractivity contribution is 0.278. The van der Waals surface area contributed by atoms with Crippen LogP contribution in [0.3, 0.4) is 0 Å². The fourth-order valence-electron chi connectivity index (χ4n) is 3.57. The Morgan fingerprint density at radius 1 is 0.933 bits per heavy atom. The molecule has 4 rings (SSSR count). The molecule has 0 spiro atoms. The van der Waals surface area contributed by atoms with Crippen molar-refractivity contribution in [3.63, 3.8) is 0 Å². The molecule has 0 radical (unpaired) electrons. The van der Waals surface area contributed by atoms with Gasteiger partial charge in [-0.1, -0.05) is 18.2 Å². The normalized spacial score (nSPS) is 17.2.